The molecule has 5 heteroatoms. The molecule has 0 amide bonds. The third-order valence-electron chi connectivity index (χ3n) is 2.66. The fraction of sp³-hybridized carbons (Fsp3) is 0.385. The van der Waals surface area contributed by atoms with E-state index in [1.165, 1.54) is 0 Å². The highest BCUT2D eigenvalue weighted by molar-refractivity contribution is 5.28. The number of hydrogen-bond acceptors (Lipinski definition) is 4. The number of rotatable bonds is 6. The average Bonchev–Trinajstić information content (AvgIpc) is 2.84. The van der Waals surface area contributed by atoms with Crippen molar-refractivity contribution in [3.8, 4) is 5.75 Å². The Hall–Kier alpha value is -1.88. The molecule has 5 nitrogen and oxygen atoms in total. The molecule has 0 aliphatic carbocycles. The fourth-order valence-electron chi connectivity index (χ4n) is 1.75. The molecule has 0 aliphatic rings. The summed E-state index contributed by atoms with van der Waals surface area (Å²) in [5.41, 5.74) is 2.03. The third-order valence-corrected chi connectivity index (χ3v) is 2.66. The van der Waals surface area contributed by atoms with E-state index in [0.29, 0.717) is 6.54 Å². The van der Waals surface area contributed by atoms with Crippen LogP contribution in [0.25, 0.3) is 0 Å². The van der Waals surface area contributed by atoms with E-state index in [1.54, 1.807) is 11.8 Å². The molecule has 0 unspecified atom stereocenters. The lowest BCUT2D eigenvalue weighted by Crippen LogP contribution is -2.00. The van der Waals surface area contributed by atoms with E-state index in [0.717, 1.165) is 29.8 Å². The largest absolute Gasteiger partial charge is 0.497 e. The van der Waals surface area contributed by atoms with Crippen LogP contribution in [0.2, 0.25) is 0 Å². The minimum absolute atomic E-state index is 0.183. The number of nitrogens with zero attached hydrogens (tertiary/aromatic N) is 3. The summed E-state index contributed by atoms with van der Waals surface area (Å²) in [7, 11) is 1.65. The van der Waals surface area contributed by atoms with Gasteiger partial charge in [0, 0.05) is 12.8 Å². The number of aliphatic hydroxyl groups excluding tert-OH is 1. The number of methoxy groups -OCH3 is 1. The Morgan fingerprint density at radius 1 is 1.39 bits per heavy atom. The zero-order valence-corrected chi connectivity index (χ0v) is 10.4. The molecule has 0 atom stereocenters. The van der Waals surface area contributed by atoms with E-state index in [2.05, 4.69) is 10.3 Å². The maximum Gasteiger partial charge on any atom is 0.119 e. The van der Waals surface area contributed by atoms with Gasteiger partial charge in [0.1, 0.15) is 5.75 Å². The van der Waals surface area contributed by atoms with Gasteiger partial charge in [-0.25, -0.2) is 4.68 Å². The van der Waals surface area contributed by atoms with Gasteiger partial charge in [-0.1, -0.05) is 17.3 Å². The minimum Gasteiger partial charge on any atom is -0.497 e. The molecular formula is C13H17N3O2. The van der Waals surface area contributed by atoms with Crippen LogP contribution in [0.1, 0.15) is 17.7 Å². The summed E-state index contributed by atoms with van der Waals surface area (Å²) in [5.74, 6) is 0.841. The molecule has 0 radical (unpaired) electrons. The number of aromatic nitrogens is 3. The van der Waals surface area contributed by atoms with Crippen molar-refractivity contribution in [2.45, 2.75) is 19.4 Å². The number of benzene rings is 1. The van der Waals surface area contributed by atoms with Gasteiger partial charge in [0.15, 0.2) is 0 Å². The first kappa shape index (κ1) is 12.6. The highest BCUT2D eigenvalue weighted by Gasteiger charge is 2.02. The van der Waals surface area contributed by atoms with Crippen LogP contribution in [0.5, 0.6) is 5.75 Å². The third kappa shape index (κ3) is 3.30. The van der Waals surface area contributed by atoms with Gasteiger partial charge in [-0.3, -0.25) is 0 Å². The van der Waals surface area contributed by atoms with Gasteiger partial charge in [0.2, 0.25) is 0 Å². The van der Waals surface area contributed by atoms with E-state index in [1.807, 2.05) is 30.5 Å². The fourth-order valence-corrected chi connectivity index (χ4v) is 1.75. The molecule has 1 aromatic carbocycles. The van der Waals surface area contributed by atoms with Crippen molar-refractivity contribution in [3.63, 3.8) is 0 Å². The van der Waals surface area contributed by atoms with Crippen LogP contribution in [0.4, 0.5) is 0 Å². The molecule has 0 aliphatic heterocycles. The maximum absolute atomic E-state index is 8.76. The Morgan fingerprint density at radius 3 is 3.06 bits per heavy atom. The second-order valence-corrected chi connectivity index (χ2v) is 4.09. The van der Waals surface area contributed by atoms with Crippen molar-refractivity contribution in [1.82, 2.24) is 15.0 Å². The van der Waals surface area contributed by atoms with Crippen LogP contribution in [-0.4, -0.2) is 33.8 Å². The summed E-state index contributed by atoms with van der Waals surface area (Å²) in [4.78, 5) is 0. The topological polar surface area (TPSA) is 60.2 Å². The highest BCUT2D eigenvalue weighted by atomic mass is 16.5. The molecular weight excluding hydrogens is 230 g/mol. The minimum atomic E-state index is 0.183. The van der Waals surface area contributed by atoms with Crippen LogP contribution in [0.3, 0.4) is 0 Å². The predicted octanol–water partition coefficient (Wildman–Crippen LogP) is 1.26. The van der Waals surface area contributed by atoms with Gasteiger partial charge >= 0.3 is 0 Å². The SMILES string of the molecule is COc1cccc(Cn2cc(CCCO)nn2)c1. The Labute approximate surface area is 106 Å². The summed E-state index contributed by atoms with van der Waals surface area (Å²) in [5, 5.41) is 16.9. The van der Waals surface area contributed by atoms with Gasteiger partial charge in [-0.05, 0) is 30.5 Å². The smallest absolute Gasteiger partial charge is 0.119 e. The highest BCUT2D eigenvalue weighted by Crippen LogP contribution is 2.13. The summed E-state index contributed by atoms with van der Waals surface area (Å²) in [6, 6.07) is 7.88. The molecule has 0 fully saturated rings. The van der Waals surface area contributed by atoms with Crippen molar-refractivity contribution in [3.05, 3.63) is 41.7 Å². The first-order valence-corrected chi connectivity index (χ1v) is 5.94. The van der Waals surface area contributed by atoms with Gasteiger partial charge in [-0.15, -0.1) is 5.10 Å². The molecule has 96 valence electrons. The van der Waals surface area contributed by atoms with E-state index in [9.17, 15) is 0 Å². The first-order chi connectivity index (χ1) is 8.81. The number of aryl methyl sites for hydroxylation is 1. The van der Waals surface area contributed by atoms with Crippen LogP contribution in [0, 0.1) is 0 Å². The average molecular weight is 247 g/mol. The first-order valence-electron chi connectivity index (χ1n) is 5.94. The summed E-state index contributed by atoms with van der Waals surface area (Å²) in [6.45, 7) is 0.853. The predicted molar refractivity (Wildman–Crippen MR) is 67.5 cm³/mol. The Bertz CT molecular complexity index is 496. The van der Waals surface area contributed by atoms with Crippen LogP contribution < -0.4 is 4.74 Å². The molecule has 0 saturated heterocycles. The molecule has 2 rings (SSSR count). The molecule has 1 N–H and O–H groups in total. The molecule has 2 aromatic rings. The summed E-state index contributed by atoms with van der Waals surface area (Å²) in [6.07, 6.45) is 3.39. The van der Waals surface area contributed by atoms with Gasteiger partial charge in [0.25, 0.3) is 0 Å². The van der Waals surface area contributed by atoms with Crippen molar-refractivity contribution in [2.75, 3.05) is 13.7 Å². The maximum atomic E-state index is 8.76. The lowest BCUT2D eigenvalue weighted by molar-refractivity contribution is 0.288. The molecule has 18 heavy (non-hydrogen) atoms. The van der Waals surface area contributed by atoms with E-state index in [-0.39, 0.29) is 6.61 Å². The van der Waals surface area contributed by atoms with Crippen molar-refractivity contribution in [1.29, 1.82) is 0 Å². The standard InChI is InChI=1S/C13H17N3O2/c1-18-13-6-2-4-11(8-13)9-16-10-12(14-15-16)5-3-7-17/h2,4,6,8,10,17H,3,5,7,9H2,1H3. The number of hydrogen-bond donors (Lipinski definition) is 1. The number of aliphatic hydroxyl groups is 1. The van der Waals surface area contributed by atoms with E-state index >= 15 is 0 Å². The van der Waals surface area contributed by atoms with Crippen molar-refractivity contribution >= 4 is 0 Å². The second-order valence-electron chi connectivity index (χ2n) is 4.09. The monoisotopic (exact) mass is 247 g/mol. The molecule has 1 heterocycles. The number of ether oxygens (including phenoxy) is 1. The summed E-state index contributed by atoms with van der Waals surface area (Å²) >= 11 is 0. The lowest BCUT2D eigenvalue weighted by Gasteiger charge is -2.03. The Kier molecular flexibility index (Phi) is 4.30. The lowest BCUT2D eigenvalue weighted by atomic mass is 10.2. The second kappa shape index (κ2) is 6.16. The van der Waals surface area contributed by atoms with Crippen molar-refractivity contribution < 1.29 is 9.84 Å². The zero-order valence-electron chi connectivity index (χ0n) is 10.4. The summed E-state index contributed by atoms with van der Waals surface area (Å²) < 4.78 is 6.97. The van der Waals surface area contributed by atoms with Gasteiger partial charge < -0.3 is 9.84 Å². The van der Waals surface area contributed by atoms with Crippen LogP contribution in [-0.2, 0) is 13.0 Å². The van der Waals surface area contributed by atoms with Gasteiger partial charge in [0.05, 0.1) is 19.3 Å². The molecule has 0 spiro atoms. The molecule has 1 aromatic heterocycles. The van der Waals surface area contributed by atoms with Crippen molar-refractivity contribution in [2.24, 2.45) is 0 Å². The zero-order chi connectivity index (χ0) is 12.8. The quantitative estimate of drug-likeness (QED) is 0.834. The van der Waals surface area contributed by atoms with E-state index in [4.69, 9.17) is 9.84 Å². The van der Waals surface area contributed by atoms with Crippen LogP contribution >= 0.6 is 0 Å². The molecule has 0 saturated carbocycles. The Balaban J connectivity index is 2.01. The van der Waals surface area contributed by atoms with Gasteiger partial charge in [-0.2, -0.15) is 0 Å². The van der Waals surface area contributed by atoms with Crippen LogP contribution in [0.15, 0.2) is 30.5 Å². The molecule has 0 bridgehead atoms. The normalized spacial score (nSPS) is 10.6. The van der Waals surface area contributed by atoms with E-state index < -0.39 is 0 Å². The Morgan fingerprint density at radius 2 is 2.28 bits per heavy atom.